The highest BCUT2D eigenvalue weighted by molar-refractivity contribution is 9.10. The number of hydrogen-bond donors (Lipinski definition) is 2. The van der Waals surface area contributed by atoms with Crippen LogP contribution in [0.2, 0.25) is 0 Å². The van der Waals surface area contributed by atoms with Crippen LogP contribution in [0.15, 0.2) is 21.2 Å². The second kappa shape index (κ2) is 3.72. The van der Waals surface area contributed by atoms with Gasteiger partial charge in [-0.15, -0.1) is 0 Å². The molecule has 0 spiro atoms. The lowest BCUT2D eigenvalue weighted by molar-refractivity contribution is 0.0371. The first-order valence-corrected chi connectivity index (χ1v) is 3.94. The molecule has 12 heavy (non-hydrogen) atoms. The first-order chi connectivity index (χ1) is 5.66. The third kappa shape index (κ3) is 1.67. The molecule has 0 bridgehead atoms. The Bertz CT molecular complexity index is 304. The molecule has 0 saturated heterocycles. The molecule has 1 rings (SSSR count). The molecule has 2 unspecified atom stereocenters. The third-order valence-electron chi connectivity index (χ3n) is 1.34. The molecular formula is C7H6BrNO3. The van der Waals surface area contributed by atoms with Crippen LogP contribution in [-0.4, -0.2) is 16.3 Å². The van der Waals surface area contributed by atoms with Gasteiger partial charge in [-0.25, -0.2) is 0 Å². The van der Waals surface area contributed by atoms with Gasteiger partial charge in [0.25, 0.3) is 0 Å². The summed E-state index contributed by atoms with van der Waals surface area (Å²) in [7, 11) is 0. The van der Waals surface area contributed by atoms with E-state index in [0.717, 1.165) is 0 Å². The van der Waals surface area contributed by atoms with Crippen LogP contribution in [0.5, 0.6) is 0 Å². The van der Waals surface area contributed by atoms with Gasteiger partial charge < -0.3 is 14.6 Å². The van der Waals surface area contributed by atoms with Crippen molar-refractivity contribution in [2.45, 2.75) is 12.2 Å². The Kier molecular flexibility index (Phi) is 2.87. The van der Waals surface area contributed by atoms with Crippen LogP contribution in [0.1, 0.15) is 11.9 Å². The maximum absolute atomic E-state index is 9.26. The lowest BCUT2D eigenvalue weighted by atomic mass is 10.2. The Morgan fingerprint density at radius 1 is 1.58 bits per heavy atom. The fourth-order valence-electron chi connectivity index (χ4n) is 0.730. The molecule has 64 valence electrons. The van der Waals surface area contributed by atoms with Crippen molar-refractivity contribution in [3.63, 3.8) is 0 Å². The van der Waals surface area contributed by atoms with Gasteiger partial charge in [-0.3, -0.25) is 0 Å². The van der Waals surface area contributed by atoms with Crippen molar-refractivity contribution in [3.8, 4) is 6.07 Å². The number of aliphatic hydroxyl groups excluding tert-OH is 2. The Hall–Kier alpha value is -0.830. The lowest BCUT2D eigenvalue weighted by Gasteiger charge is -2.08. The molecule has 0 saturated carbocycles. The highest BCUT2D eigenvalue weighted by Crippen LogP contribution is 2.26. The molecule has 0 aliphatic rings. The van der Waals surface area contributed by atoms with Crippen molar-refractivity contribution in [1.82, 2.24) is 0 Å². The first-order valence-electron chi connectivity index (χ1n) is 3.15. The van der Waals surface area contributed by atoms with Crippen LogP contribution in [-0.2, 0) is 0 Å². The second-order valence-corrected chi connectivity index (χ2v) is 3.01. The molecule has 0 fully saturated rings. The van der Waals surface area contributed by atoms with Crippen LogP contribution in [0.4, 0.5) is 0 Å². The maximum atomic E-state index is 9.26. The lowest BCUT2D eigenvalue weighted by Crippen LogP contribution is -2.15. The largest absolute Gasteiger partial charge is 0.465 e. The summed E-state index contributed by atoms with van der Waals surface area (Å²) in [5, 5.41) is 26.5. The van der Waals surface area contributed by atoms with Gasteiger partial charge >= 0.3 is 0 Å². The van der Waals surface area contributed by atoms with Crippen molar-refractivity contribution in [2.75, 3.05) is 0 Å². The molecule has 1 heterocycles. The van der Waals surface area contributed by atoms with Crippen molar-refractivity contribution < 1.29 is 14.6 Å². The summed E-state index contributed by atoms with van der Waals surface area (Å²) < 4.78 is 5.37. The zero-order chi connectivity index (χ0) is 9.14. The molecule has 5 heteroatoms. The molecule has 0 aliphatic heterocycles. The molecule has 0 aliphatic carbocycles. The van der Waals surface area contributed by atoms with Gasteiger partial charge in [0.2, 0.25) is 0 Å². The third-order valence-corrected chi connectivity index (χ3v) is 2.00. The van der Waals surface area contributed by atoms with Crippen LogP contribution in [0.3, 0.4) is 0 Å². The fraction of sp³-hybridized carbons (Fsp3) is 0.286. The fourth-order valence-corrected chi connectivity index (χ4v) is 1.17. The predicted octanol–water partition coefficient (Wildman–Crippen LogP) is 0.960. The van der Waals surface area contributed by atoms with Gasteiger partial charge in [0.15, 0.2) is 12.2 Å². The van der Waals surface area contributed by atoms with Crippen LogP contribution < -0.4 is 0 Å². The summed E-state index contributed by atoms with van der Waals surface area (Å²) in [4.78, 5) is 0. The average Bonchev–Trinajstić information content (AvgIpc) is 2.48. The monoisotopic (exact) mass is 231 g/mol. The molecule has 1 aromatic heterocycles. The van der Waals surface area contributed by atoms with Gasteiger partial charge in [-0.1, -0.05) is 0 Å². The second-order valence-electron chi connectivity index (χ2n) is 2.15. The normalized spacial score (nSPS) is 15.2. The minimum Gasteiger partial charge on any atom is -0.465 e. The number of aliphatic hydroxyl groups is 2. The summed E-state index contributed by atoms with van der Waals surface area (Å²) >= 11 is 3.09. The van der Waals surface area contributed by atoms with Gasteiger partial charge in [0.1, 0.15) is 5.76 Å². The summed E-state index contributed by atoms with van der Waals surface area (Å²) in [6.45, 7) is 0. The molecule has 0 amide bonds. The Morgan fingerprint density at radius 2 is 2.25 bits per heavy atom. The minimum absolute atomic E-state index is 0.157. The summed E-state index contributed by atoms with van der Waals surface area (Å²) in [5.74, 6) is 0.157. The zero-order valence-electron chi connectivity index (χ0n) is 5.94. The molecule has 0 radical (unpaired) electrons. The number of nitrogens with zero attached hydrogens (tertiary/aromatic N) is 1. The highest BCUT2D eigenvalue weighted by Gasteiger charge is 2.22. The van der Waals surface area contributed by atoms with E-state index in [1.54, 1.807) is 6.07 Å². The Balaban J connectivity index is 2.86. The van der Waals surface area contributed by atoms with Gasteiger partial charge in [-0.05, 0) is 22.0 Å². The number of rotatable bonds is 2. The predicted molar refractivity (Wildman–Crippen MR) is 43.0 cm³/mol. The Morgan fingerprint density at radius 3 is 2.67 bits per heavy atom. The van der Waals surface area contributed by atoms with Crippen molar-refractivity contribution in [2.24, 2.45) is 0 Å². The average molecular weight is 232 g/mol. The van der Waals surface area contributed by atoms with E-state index in [1.165, 1.54) is 12.3 Å². The summed E-state index contributed by atoms with van der Waals surface area (Å²) in [6.07, 6.45) is -1.42. The number of furan rings is 1. The minimum atomic E-state index is -1.47. The van der Waals surface area contributed by atoms with E-state index < -0.39 is 12.2 Å². The van der Waals surface area contributed by atoms with Crippen LogP contribution >= 0.6 is 15.9 Å². The van der Waals surface area contributed by atoms with E-state index in [9.17, 15) is 5.11 Å². The highest BCUT2D eigenvalue weighted by atomic mass is 79.9. The molecular weight excluding hydrogens is 226 g/mol. The number of halogens is 1. The van der Waals surface area contributed by atoms with Crippen LogP contribution in [0.25, 0.3) is 0 Å². The number of hydrogen-bond acceptors (Lipinski definition) is 4. The van der Waals surface area contributed by atoms with E-state index in [2.05, 4.69) is 15.9 Å². The van der Waals surface area contributed by atoms with Crippen molar-refractivity contribution in [3.05, 3.63) is 22.6 Å². The van der Waals surface area contributed by atoms with Crippen molar-refractivity contribution >= 4 is 15.9 Å². The van der Waals surface area contributed by atoms with E-state index in [4.69, 9.17) is 14.8 Å². The molecule has 0 aromatic carbocycles. The molecule has 2 N–H and O–H groups in total. The zero-order valence-corrected chi connectivity index (χ0v) is 7.52. The first kappa shape index (κ1) is 9.26. The molecule has 2 atom stereocenters. The maximum Gasteiger partial charge on any atom is 0.173 e. The topological polar surface area (TPSA) is 77.4 Å². The van der Waals surface area contributed by atoms with E-state index in [1.807, 2.05) is 0 Å². The Labute approximate surface area is 77.2 Å². The SMILES string of the molecule is N#CC(O)C(O)c1occc1Br. The van der Waals surface area contributed by atoms with E-state index in [0.29, 0.717) is 4.47 Å². The van der Waals surface area contributed by atoms with Gasteiger partial charge in [0, 0.05) is 0 Å². The van der Waals surface area contributed by atoms with Gasteiger partial charge in [0.05, 0.1) is 16.8 Å². The standard InChI is InChI=1S/C7H6BrNO3/c8-4-1-2-12-7(4)6(11)5(10)3-9/h1-2,5-6,10-11H. The van der Waals surface area contributed by atoms with Gasteiger partial charge in [-0.2, -0.15) is 5.26 Å². The molecule has 4 nitrogen and oxygen atoms in total. The summed E-state index contributed by atoms with van der Waals surface area (Å²) in [5.41, 5.74) is 0. The number of nitriles is 1. The van der Waals surface area contributed by atoms with E-state index >= 15 is 0 Å². The smallest absolute Gasteiger partial charge is 0.173 e. The quantitative estimate of drug-likeness (QED) is 0.744. The summed E-state index contributed by atoms with van der Waals surface area (Å²) in [6, 6.07) is 3.08. The molecule has 1 aromatic rings. The van der Waals surface area contributed by atoms with Crippen LogP contribution in [0, 0.1) is 11.3 Å². The van der Waals surface area contributed by atoms with Crippen molar-refractivity contribution in [1.29, 1.82) is 5.26 Å². The van der Waals surface area contributed by atoms with E-state index in [-0.39, 0.29) is 5.76 Å².